The van der Waals surface area contributed by atoms with Crippen LogP contribution in [0.4, 0.5) is 11.5 Å². The number of pyridine rings is 1. The van der Waals surface area contributed by atoms with Crippen LogP contribution >= 0.6 is 0 Å². The van der Waals surface area contributed by atoms with E-state index >= 15 is 0 Å². The summed E-state index contributed by atoms with van der Waals surface area (Å²) in [5.74, 6) is 1.03. The summed E-state index contributed by atoms with van der Waals surface area (Å²) in [7, 11) is 1.92. The van der Waals surface area contributed by atoms with Gasteiger partial charge in [-0.1, -0.05) is 13.8 Å². The van der Waals surface area contributed by atoms with E-state index < -0.39 is 0 Å². The molecule has 1 aliphatic rings. The zero-order chi connectivity index (χ0) is 11.8. The summed E-state index contributed by atoms with van der Waals surface area (Å²) < 4.78 is 5.29. The predicted molar refractivity (Wildman–Crippen MR) is 68.2 cm³/mol. The smallest absolute Gasteiger partial charge is 0.130 e. The predicted octanol–water partition coefficient (Wildman–Crippen LogP) is 1.99. The van der Waals surface area contributed by atoms with Gasteiger partial charge in [-0.2, -0.15) is 0 Å². The molecule has 2 heterocycles. The van der Waals surface area contributed by atoms with Crippen molar-refractivity contribution in [2.24, 2.45) is 0 Å². The first kappa shape index (κ1) is 12.8. The molecule has 0 bridgehead atoms. The van der Waals surface area contributed by atoms with Crippen molar-refractivity contribution in [1.82, 2.24) is 4.98 Å². The highest BCUT2D eigenvalue weighted by atomic mass is 16.5. The lowest BCUT2D eigenvalue weighted by molar-refractivity contribution is 0.122. The molecule has 2 rings (SSSR count). The Labute approximate surface area is 97.6 Å². The number of hydrogen-bond acceptors (Lipinski definition) is 4. The van der Waals surface area contributed by atoms with Crippen LogP contribution in [0.25, 0.3) is 0 Å². The number of ether oxygens (including phenoxy) is 1. The van der Waals surface area contributed by atoms with E-state index in [1.54, 1.807) is 0 Å². The molecule has 0 unspecified atom stereocenters. The highest BCUT2D eigenvalue weighted by molar-refractivity contribution is 5.52. The molecule has 1 saturated heterocycles. The zero-order valence-electron chi connectivity index (χ0n) is 10.4. The number of anilines is 2. The standard InChI is InChI=1S/C10H15N3O.C2H6/c1-11-9-2-3-12-10(8-9)13-4-6-14-7-5-13;1-2/h2-3,8H,4-7H2,1H3,(H,11,12);1-2H3. The van der Waals surface area contributed by atoms with Gasteiger partial charge in [0.25, 0.3) is 0 Å². The molecular weight excluding hydrogens is 202 g/mol. The molecule has 1 aromatic heterocycles. The van der Waals surface area contributed by atoms with Crippen LogP contribution in [0.5, 0.6) is 0 Å². The van der Waals surface area contributed by atoms with E-state index in [1.165, 1.54) is 0 Å². The van der Waals surface area contributed by atoms with Gasteiger partial charge in [0.05, 0.1) is 13.2 Å². The van der Waals surface area contributed by atoms with Gasteiger partial charge in [-0.15, -0.1) is 0 Å². The quantitative estimate of drug-likeness (QED) is 0.832. The van der Waals surface area contributed by atoms with Gasteiger partial charge in [-0.25, -0.2) is 4.98 Å². The van der Waals surface area contributed by atoms with E-state index in [9.17, 15) is 0 Å². The maximum Gasteiger partial charge on any atom is 0.130 e. The number of rotatable bonds is 2. The van der Waals surface area contributed by atoms with E-state index in [-0.39, 0.29) is 0 Å². The van der Waals surface area contributed by atoms with Gasteiger partial charge in [0.15, 0.2) is 0 Å². The van der Waals surface area contributed by atoms with Crippen LogP contribution in [-0.4, -0.2) is 38.3 Å². The number of nitrogens with one attached hydrogen (secondary N) is 1. The lowest BCUT2D eigenvalue weighted by atomic mass is 10.3. The van der Waals surface area contributed by atoms with Gasteiger partial charge >= 0.3 is 0 Å². The number of hydrogen-bond donors (Lipinski definition) is 1. The van der Waals surface area contributed by atoms with Crippen LogP contribution in [0.2, 0.25) is 0 Å². The first-order valence-corrected chi connectivity index (χ1v) is 5.86. The molecule has 1 aromatic rings. The Balaban J connectivity index is 0.000000606. The van der Waals surface area contributed by atoms with Crippen LogP contribution in [0.3, 0.4) is 0 Å². The molecule has 0 saturated carbocycles. The average molecular weight is 223 g/mol. The fourth-order valence-corrected chi connectivity index (χ4v) is 1.54. The summed E-state index contributed by atoms with van der Waals surface area (Å²) in [5, 5.41) is 3.11. The Hall–Kier alpha value is -1.29. The third kappa shape index (κ3) is 3.38. The second kappa shape index (κ2) is 7.06. The molecule has 1 fully saturated rings. The Morgan fingerprint density at radius 2 is 2.00 bits per heavy atom. The largest absolute Gasteiger partial charge is 0.388 e. The van der Waals surface area contributed by atoms with Crippen LogP contribution in [0, 0.1) is 0 Å². The highest BCUT2D eigenvalue weighted by Gasteiger charge is 2.11. The SMILES string of the molecule is CC.CNc1ccnc(N2CCOCC2)c1. The first-order chi connectivity index (χ1) is 7.90. The van der Waals surface area contributed by atoms with E-state index in [2.05, 4.69) is 21.3 Å². The van der Waals surface area contributed by atoms with E-state index in [1.807, 2.05) is 33.2 Å². The maximum atomic E-state index is 5.29. The van der Waals surface area contributed by atoms with Gasteiger partial charge in [0.1, 0.15) is 5.82 Å². The van der Waals surface area contributed by atoms with Crippen molar-refractivity contribution in [3.8, 4) is 0 Å². The molecule has 16 heavy (non-hydrogen) atoms. The molecule has 1 aliphatic heterocycles. The first-order valence-electron chi connectivity index (χ1n) is 5.86. The number of morpholine rings is 1. The lowest BCUT2D eigenvalue weighted by Gasteiger charge is -2.27. The fourth-order valence-electron chi connectivity index (χ4n) is 1.54. The molecule has 0 spiro atoms. The topological polar surface area (TPSA) is 37.4 Å². The fraction of sp³-hybridized carbons (Fsp3) is 0.583. The van der Waals surface area contributed by atoms with Crippen molar-refractivity contribution in [2.45, 2.75) is 13.8 Å². The summed E-state index contributed by atoms with van der Waals surface area (Å²) in [6, 6.07) is 4.02. The molecule has 4 nitrogen and oxygen atoms in total. The van der Waals surface area contributed by atoms with Crippen LogP contribution < -0.4 is 10.2 Å². The molecule has 0 atom stereocenters. The zero-order valence-corrected chi connectivity index (χ0v) is 10.4. The molecule has 1 N–H and O–H groups in total. The van der Waals surface area contributed by atoms with E-state index in [0.29, 0.717) is 0 Å². The summed E-state index contributed by atoms with van der Waals surface area (Å²) in [5.41, 5.74) is 1.10. The minimum atomic E-state index is 0.797. The third-order valence-electron chi connectivity index (χ3n) is 2.37. The van der Waals surface area contributed by atoms with Gasteiger partial charge in [-0.05, 0) is 6.07 Å². The average Bonchev–Trinajstić information content (AvgIpc) is 2.42. The van der Waals surface area contributed by atoms with Crippen molar-refractivity contribution >= 4 is 11.5 Å². The number of nitrogens with zero attached hydrogens (tertiary/aromatic N) is 2. The highest BCUT2D eigenvalue weighted by Crippen LogP contribution is 2.16. The van der Waals surface area contributed by atoms with Crippen molar-refractivity contribution in [3.63, 3.8) is 0 Å². The molecular formula is C12H21N3O. The van der Waals surface area contributed by atoms with Crippen LogP contribution in [0.1, 0.15) is 13.8 Å². The van der Waals surface area contributed by atoms with Gasteiger partial charge in [0, 0.05) is 38.1 Å². The van der Waals surface area contributed by atoms with Gasteiger partial charge < -0.3 is 15.0 Å². The summed E-state index contributed by atoms with van der Waals surface area (Å²) in [4.78, 5) is 6.58. The van der Waals surface area contributed by atoms with Crippen molar-refractivity contribution < 1.29 is 4.74 Å². The molecule has 0 radical (unpaired) electrons. The Morgan fingerprint density at radius 3 is 2.62 bits per heavy atom. The van der Waals surface area contributed by atoms with Gasteiger partial charge in [0.2, 0.25) is 0 Å². The lowest BCUT2D eigenvalue weighted by Crippen LogP contribution is -2.36. The molecule has 0 aromatic carbocycles. The summed E-state index contributed by atoms with van der Waals surface area (Å²) in [6.45, 7) is 7.46. The Bertz CT molecular complexity index is 298. The maximum absolute atomic E-state index is 5.29. The Kier molecular flexibility index (Phi) is 5.64. The van der Waals surface area contributed by atoms with Crippen molar-refractivity contribution in [1.29, 1.82) is 0 Å². The number of aromatic nitrogens is 1. The molecule has 0 aliphatic carbocycles. The van der Waals surface area contributed by atoms with Crippen molar-refractivity contribution in [2.75, 3.05) is 43.6 Å². The normalized spacial score (nSPS) is 15.1. The minimum Gasteiger partial charge on any atom is -0.388 e. The second-order valence-electron chi connectivity index (χ2n) is 3.25. The molecule has 0 amide bonds. The summed E-state index contributed by atoms with van der Waals surface area (Å²) in [6.07, 6.45) is 1.83. The minimum absolute atomic E-state index is 0.797. The second-order valence-corrected chi connectivity index (χ2v) is 3.25. The van der Waals surface area contributed by atoms with E-state index in [4.69, 9.17) is 4.74 Å². The van der Waals surface area contributed by atoms with Gasteiger partial charge in [-0.3, -0.25) is 0 Å². The molecule has 90 valence electrons. The Morgan fingerprint density at radius 1 is 1.31 bits per heavy atom. The summed E-state index contributed by atoms with van der Waals surface area (Å²) >= 11 is 0. The van der Waals surface area contributed by atoms with E-state index in [0.717, 1.165) is 37.8 Å². The monoisotopic (exact) mass is 223 g/mol. The molecule has 4 heteroatoms. The van der Waals surface area contributed by atoms with Crippen LogP contribution in [0.15, 0.2) is 18.3 Å². The van der Waals surface area contributed by atoms with Crippen LogP contribution in [-0.2, 0) is 4.74 Å². The van der Waals surface area contributed by atoms with Crippen molar-refractivity contribution in [3.05, 3.63) is 18.3 Å². The third-order valence-corrected chi connectivity index (χ3v) is 2.37.